The molecule has 0 amide bonds. The normalized spacial score (nSPS) is 14.1. The van der Waals surface area contributed by atoms with Gasteiger partial charge in [0.1, 0.15) is 28.2 Å². The number of nitrogens with zero attached hydrogens (tertiary/aromatic N) is 2. The number of furan rings is 2. The van der Waals surface area contributed by atoms with Gasteiger partial charge in [-0.15, -0.1) is 0 Å². The Balaban J connectivity index is 0.976. The fourth-order valence-electron chi connectivity index (χ4n) is 9.69. The summed E-state index contributed by atoms with van der Waals surface area (Å²) in [5.41, 5.74) is 13.0. The van der Waals surface area contributed by atoms with Gasteiger partial charge in [-0.3, -0.25) is 0 Å². The van der Waals surface area contributed by atoms with Crippen LogP contribution in [0.25, 0.3) is 98.8 Å². The van der Waals surface area contributed by atoms with Crippen molar-refractivity contribution in [1.29, 1.82) is 0 Å². The van der Waals surface area contributed by atoms with E-state index in [1.807, 2.05) is 24.3 Å². The highest BCUT2D eigenvalue weighted by Gasteiger charge is 2.26. The van der Waals surface area contributed by atoms with Gasteiger partial charge >= 0.3 is 0 Å². The second-order valence-electron chi connectivity index (χ2n) is 16.5. The zero-order valence-electron chi connectivity index (χ0n) is 34.5. The van der Waals surface area contributed by atoms with Crippen LogP contribution in [-0.4, -0.2) is 11.7 Å². The molecule has 0 saturated carbocycles. The number of para-hydroxylation sites is 3. The van der Waals surface area contributed by atoms with E-state index in [2.05, 4.69) is 193 Å². The molecule has 0 aliphatic carbocycles. The van der Waals surface area contributed by atoms with Crippen LogP contribution in [0, 0.1) is 0 Å². The number of nitrogens with one attached hydrogen (secondary N) is 1. The van der Waals surface area contributed by atoms with E-state index < -0.39 is 6.17 Å². The summed E-state index contributed by atoms with van der Waals surface area (Å²) in [5, 5.41) is 12.7. The Labute approximate surface area is 368 Å². The van der Waals surface area contributed by atoms with Gasteiger partial charge in [0.2, 0.25) is 0 Å². The van der Waals surface area contributed by atoms with E-state index in [1.54, 1.807) is 0 Å². The first kappa shape index (κ1) is 36.1. The molecule has 0 radical (unpaired) electrons. The minimum absolute atomic E-state index is 0.479. The first-order chi connectivity index (χ1) is 31.7. The molecule has 0 saturated heterocycles. The van der Waals surface area contributed by atoms with Gasteiger partial charge in [-0.2, -0.15) is 0 Å². The quantitative estimate of drug-likeness (QED) is 0.182. The predicted molar refractivity (Wildman–Crippen MR) is 264 cm³/mol. The van der Waals surface area contributed by atoms with Gasteiger partial charge in [-0.05, 0) is 73.6 Å². The average Bonchev–Trinajstić information content (AvgIpc) is 3.95. The average molecular weight is 820 g/mol. The van der Waals surface area contributed by atoms with Crippen molar-refractivity contribution >= 4 is 77.1 Å². The third-order valence-electron chi connectivity index (χ3n) is 12.8. The standard InChI is InChI=1S/C59H37N3O2/c1-2-14-38(15-3-1)42-33-34-47(54-50-18-7-9-26-53(50)64-56(42)54)44-20-10-21-45-43(44)19-11-23-49(45)58-60-57(39-30-27-37(28-31-39)41-32-29-36-13-4-5-16-40(36)35-41)61-59(62-58)51-24-12-22-48-46-17-6-8-25-52(46)63-55(48)51/h1-35,59H,(H,60,61,62). The van der Waals surface area contributed by atoms with Crippen LogP contribution in [0.4, 0.5) is 0 Å². The summed E-state index contributed by atoms with van der Waals surface area (Å²) in [5.74, 6) is 1.39. The number of hydrogen-bond donors (Lipinski definition) is 1. The fourth-order valence-corrected chi connectivity index (χ4v) is 9.69. The summed E-state index contributed by atoms with van der Waals surface area (Å²) in [6, 6.07) is 74.5. The van der Waals surface area contributed by atoms with Crippen LogP contribution in [0.15, 0.2) is 231 Å². The topological polar surface area (TPSA) is 63.0 Å². The number of aliphatic imine (C=N–C) groups is 2. The first-order valence-electron chi connectivity index (χ1n) is 21.7. The SMILES string of the molecule is c1ccc(-c2ccc(-c3cccc4c(C5=NC(c6cccc7c6oc6ccccc67)NC(c6ccc(-c7ccc8ccccc8c7)cc6)=N5)cccc34)c3c2oc2ccccc23)cc1. The Morgan fingerprint density at radius 3 is 1.83 bits per heavy atom. The largest absolute Gasteiger partial charge is 0.456 e. The lowest BCUT2D eigenvalue weighted by atomic mass is 9.90. The van der Waals surface area contributed by atoms with Crippen LogP contribution < -0.4 is 5.32 Å². The molecule has 13 rings (SSSR count). The molecule has 64 heavy (non-hydrogen) atoms. The van der Waals surface area contributed by atoms with Gasteiger partial charge in [0, 0.05) is 43.8 Å². The Kier molecular flexibility index (Phi) is 8.21. The van der Waals surface area contributed by atoms with Crippen molar-refractivity contribution in [1.82, 2.24) is 5.32 Å². The number of fused-ring (bicyclic) bond motifs is 8. The summed E-state index contributed by atoms with van der Waals surface area (Å²) < 4.78 is 13.3. The van der Waals surface area contributed by atoms with Gasteiger partial charge < -0.3 is 14.2 Å². The Morgan fingerprint density at radius 1 is 0.375 bits per heavy atom. The van der Waals surface area contributed by atoms with Crippen molar-refractivity contribution in [3.63, 3.8) is 0 Å². The molecule has 1 atom stereocenters. The van der Waals surface area contributed by atoms with Gasteiger partial charge in [0.25, 0.3) is 0 Å². The molecule has 1 aliphatic heterocycles. The lowest BCUT2D eigenvalue weighted by molar-refractivity contribution is 0.628. The maximum atomic E-state index is 6.69. The van der Waals surface area contributed by atoms with E-state index in [0.29, 0.717) is 5.84 Å². The molecule has 12 aromatic rings. The lowest BCUT2D eigenvalue weighted by Gasteiger charge is -2.24. The third kappa shape index (κ3) is 5.86. The molecule has 1 N–H and O–H groups in total. The van der Waals surface area contributed by atoms with Crippen LogP contribution in [-0.2, 0) is 0 Å². The summed E-state index contributed by atoms with van der Waals surface area (Å²) in [4.78, 5) is 10.8. The van der Waals surface area contributed by atoms with Gasteiger partial charge in [0.05, 0.1) is 0 Å². The molecular weight excluding hydrogens is 783 g/mol. The highest BCUT2D eigenvalue weighted by atomic mass is 16.3. The van der Waals surface area contributed by atoms with Gasteiger partial charge in [-0.1, -0.05) is 188 Å². The predicted octanol–water partition coefficient (Wildman–Crippen LogP) is 15.3. The van der Waals surface area contributed by atoms with Crippen LogP contribution in [0.2, 0.25) is 0 Å². The van der Waals surface area contributed by atoms with Crippen molar-refractivity contribution in [3.8, 4) is 33.4 Å². The van der Waals surface area contributed by atoms with E-state index in [9.17, 15) is 0 Å². The number of hydrogen-bond acceptors (Lipinski definition) is 5. The number of rotatable bonds is 6. The minimum Gasteiger partial charge on any atom is -0.456 e. The van der Waals surface area contributed by atoms with Crippen molar-refractivity contribution in [2.75, 3.05) is 0 Å². The fraction of sp³-hybridized carbons (Fsp3) is 0.0169. The molecule has 5 nitrogen and oxygen atoms in total. The van der Waals surface area contributed by atoms with Crippen molar-refractivity contribution in [2.45, 2.75) is 6.17 Å². The van der Waals surface area contributed by atoms with Crippen LogP contribution >= 0.6 is 0 Å². The summed E-state index contributed by atoms with van der Waals surface area (Å²) >= 11 is 0. The minimum atomic E-state index is -0.479. The molecule has 2 aromatic heterocycles. The van der Waals surface area contributed by atoms with E-state index in [1.165, 1.54) is 16.3 Å². The lowest BCUT2D eigenvalue weighted by Crippen LogP contribution is -2.33. The van der Waals surface area contributed by atoms with Gasteiger partial charge in [-0.25, -0.2) is 9.98 Å². The van der Waals surface area contributed by atoms with Crippen molar-refractivity contribution < 1.29 is 8.83 Å². The Bertz CT molecular complexity index is 3880. The van der Waals surface area contributed by atoms with E-state index >= 15 is 0 Å². The van der Waals surface area contributed by atoms with Crippen molar-refractivity contribution in [3.05, 3.63) is 229 Å². The molecular formula is C59H37N3O2. The Morgan fingerprint density at radius 2 is 0.984 bits per heavy atom. The molecule has 0 bridgehead atoms. The molecule has 300 valence electrons. The summed E-state index contributed by atoms with van der Waals surface area (Å²) in [6.45, 7) is 0. The van der Waals surface area contributed by atoms with Crippen LogP contribution in [0.3, 0.4) is 0 Å². The van der Waals surface area contributed by atoms with E-state index in [4.69, 9.17) is 18.8 Å². The zero-order valence-corrected chi connectivity index (χ0v) is 34.5. The van der Waals surface area contributed by atoms with Gasteiger partial charge in [0.15, 0.2) is 12.0 Å². The molecule has 1 unspecified atom stereocenters. The molecule has 10 aromatic carbocycles. The molecule has 3 heterocycles. The monoisotopic (exact) mass is 819 g/mol. The maximum absolute atomic E-state index is 6.69. The van der Waals surface area contributed by atoms with Crippen LogP contribution in [0.5, 0.6) is 0 Å². The highest BCUT2D eigenvalue weighted by Crippen LogP contribution is 2.44. The second-order valence-corrected chi connectivity index (χ2v) is 16.5. The van der Waals surface area contributed by atoms with E-state index in [0.717, 1.165) is 105 Å². The summed E-state index contributed by atoms with van der Waals surface area (Å²) in [6.07, 6.45) is -0.479. The summed E-state index contributed by atoms with van der Waals surface area (Å²) in [7, 11) is 0. The second kappa shape index (κ2) is 14.5. The smallest absolute Gasteiger partial charge is 0.160 e. The molecule has 1 aliphatic rings. The first-order valence-corrected chi connectivity index (χ1v) is 21.7. The van der Waals surface area contributed by atoms with Crippen molar-refractivity contribution in [2.24, 2.45) is 9.98 Å². The molecule has 0 spiro atoms. The molecule has 5 heteroatoms. The number of benzene rings is 10. The van der Waals surface area contributed by atoms with Crippen LogP contribution in [0.1, 0.15) is 22.9 Å². The third-order valence-corrected chi connectivity index (χ3v) is 12.8. The highest BCUT2D eigenvalue weighted by molar-refractivity contribution is 6.22. The Hall–Kier alpha value is -8.54. The molecule has 0 fully saturated rings. The maximum Gasteiger partial charge on any atom is 0.160 e. The number of amidine groups is 2. The zero-order chi connectivity index (χ0) is 42.1. The van der Waals surface area contributed by atoms with E-state index in [-0.39, 0.29) is 0 Å².